The van der Waals surface area contributed by atoms with Crippen LogP contribution in [-0.2, 0) is 52.2 Å². The van der Waals surface area contributed by atoms with Gasteiger partial charge >= 0.3 is 0 Å². The summed E-state index contributed by atoms with van der Waals surface area (Å²) in [5.41, 5.74) is 0. The van der Waals surface area contributed by atoms with Gasteiger partial charge in [0.25, 0.3) is 0 Å². The molecule has 1 amide bonds. The molecule has 552 valence electrons. The van der Waals surface area contributed by atoms with Crippen molar-refractivity contribution >= 4 is 5.91 Å². The van der Waals surface area contributed by atoms with Crippen LogP contribution in [0.2, 0.25) is 0 Å². The number of hydrogen-bond donors (Lipinski definition) is 17. The van der Waals surface area contributed by atoms with Gasteiger partial charge in [-0.1, -0.05) is 180 Å². The highest BCUT2D eigenvalue weighted by atomic mass is 16.8. The second kappa shape index (κ2) is 45.1. The first-order valence-corrected chi connectivity index (χ1v) is 35.3. The summed E-state index contributed by atoms with van der Waals surface area (Å²) in [6.07, 6.45) is -12.1. The van der Waals surface area contributed by atoms with Gasteiger partial charge in [-0.05, 0) is 26.2 Å². The topological polar surface area (TPSA) is 445 Å². The van der Waals surface area contributed by atoms with Crippen LogP contribution in [0.4, 0.5) is 0 Å². The highest BCUT2D eigenvalue weighted by Gasteiger charge is 2.57. The summed E-state index contributed by atoms with van der Waals surface area (Å²) in [6, 6.07) is -1.03. The quantitative estimate of drug-likeness (QED) is 0.0291. The molecule has 5 rings (SSSR count). The third kappa shape index (κ3) is 25.7. The van der Waals surface area contributed by atoms with E-state index in [4.69, 9.17) is 47.4 Å². The molecule has 17 N–H and O–H groups in total. The van der Waals surface area contributed by atoms with Gasteiger partial charge in [0.2, 0.25) is 5.91 Å². The minimum absolute atomic E-state index is 0.205. The van der Waals surface area contributed by atoms with Crippen LogP contribution in [0.25, 0.3) is 0 Å². The first-order chi connectivity index (χ1) is 45.3. The van der Waals surface area contributed by atoms with Crippen molar-refractivity contribution in [1.82, 2.24) is 5.32 Å². The maximum Gasteiger partial charge on any atom is 0.220 e. The van der Waals surface area contributed by atoms with Crippen LogP contribution >= 0.6 is 0 Å². The molecule has 5 aliphatic heterocycles. The number of aliphatic hydroxyl groups excluding tert-OH is 16. The van der Waals surface area contributed by atoms with Crippen LogP contribution < -0.4 is 5.32 Å². The second-order valence-corrected chi connectivity index (χ2v) is 26.4. The summed E-state index contributed by atoms with van der Waals surface area (Å²) in [7, 11) is 0. The average Bonchev–Trinajstić information content (AvgIpc) is 0.787. The number of rotatable bonds is 46. The van der Waals surface area contributed by atoms with Crippen molar-refractivity contribution in [2.75, 3.05) is 33.0 Å². The second-order valence-electron chi connectivity index (χ2n) is 26.4. The molecule has 27 atom stereocenters. The zero-order valence-electron chi connectivity index (χ0n) is 55.7. The van der Waals surface area contributed by atoms with E-state index in [0.717, 1.165) is 44.9 Å². The monoisotopic (exact) mass is 1360 g/mol. The minimum Gasteiger partial charge on any atom is -0.394 e. The Morgan fingerprint density at radius 1 is 0.394 bits per heavy atom. The van der Waals surface area contributed by atoms with Crippen LogP contribution in [-0.4, -0.2) is 286 Å². The van der Waals surface area contributed by atoms with Crippen LogP contribution in [0.1, 0.15) is 201 Å². The Bertz CT molecular complexity index is 2000. The molecule has 0 bridgehead atoms. The number of allylic oxidation sites excluding steroid dienone is 1. The summed E-state index contributed by atoms with van der Waals surface area (Å²) in [5, 5.41) is 178. The number of unbranched alkanes of at least 4 members (excludes halogenated alkanes) is 25. The number of ether oxygens (including phenoxy) is 10. The summed E-state index contributed by atoms with van der Waals surface area (Å²) < 4.78 is 57.9. The summed E-state index contributed by atoms with van der Waals surface area (Å²) >= 11 is 0. The maximum absolute atomic E-state index is 13.4. The molecule has 0 aliphatic carbocycles. The lowest BCUT2D eigenvalue weighted by Crippen LogP contribution is -2.68. The molecule has 0 radical (unpaired) electrons. The summed E-state index contributed by atoms with van der Waals surface area (Å²) in [6.45, 7) is 1.61. The fourth-order valence-electron chi connectivity index (χ4n) is 12.7. The smallest absolute Gasteiger partial charge is 0.220 e. The Labute approximate surface area is 554 Å². The van der Waals surface area contributed by atoms with Crippen molar-refractivity contribution < 1.29 is 134 Å². The van der Waals surface area contributed by atoms with Crippen molar-refractivity contribution in [2.45, 2.75) is 366 Å². The molecule has 10 unspecified atom stereocenters. The van der Waals surface area contributed by atoms with Crippen LogP contribution in [0.15, 0.2) is 12.2 Å². The Morgan fingerprint density at radius 2 is 0.766 bits per heavy atom. The van der Waals surface area contributed by atoms with E-state index in [1.54, 1.807) is 6.08 Å². The van der Waals surface area contributed by atoms with Crippen LogP contribution in [0.3, 0.4) is 0 Å². The van der Waals surface area contributed by atoms with Gasteiger partial charge in [-0.25, -0.2) is 0 Å². The molecule has 5 fully saturated rings. The molecule has 28 heteroatoms. The SMILES string of the molecule is CCCCCCCCCCCCC/C=C/[C@@H](O)[C@H](CO[C@@H]1OC(CO)[C@@H](O[C@@H]2OC(CO)[C@H](O[C@@H]3OC(CO)[C@H](O)[C@H](O[C@H]4OC(CO)[C@H](O)[C@H](O)C4O[C@H]4OC(C)[C@@H](O)C(O)[C@@H]4O)C3O)[C@H](O)C2O)[C@H](O)C1O)NC(=O)CCCCCCCCCCCCCCCCC. The first kappa shape index (κ1) is 82.8. The largest absolute Gasteiger partial charge is 0.394 e. The number of hydrogen-bond acceptors (Lipinski definition) is 27. The molecule has 5 saturated heterocycles. The van der Waals surface area contributed by atoms with Gasteiger partial charge in [0, 0.05) is 6.42 Å². The van der Waals surface area contributed by atoms with Gasteiger partial charge < -0.3 is 134 Å². The molecule has 0 saturated carbocycles. The minimum atomic E-state index is -2.17. The number of amides is 1. The Balaban J connectivity index is 1.17. The van der Waals surface area contributed by atoms with Gasteiger partial charge in [-0.2, -0.15) is 0 Å². The lowest BCUT2D eigenvalue weighted by molar-refractivity contribution is -0.398. The molecule has 94 heavy (non-hydrogen) atoms. The zero-order chi connectivity index (χ0) is 68.7. The third-order valence-electron chi connectivity index (χ3n) is 18.8. The predicted octanol–water partition coefficient (Wildman–Crippen LogP) is 0.492. The van der Waals surface area contributed by atoms with Crippen molar-refractivity contribution in [1.29, 1.82) is 0 Å². The lowest BCUT2D eigenvalue weighted by atomic mass is 9.95. The predicted molar refractivity (Wildman–Crippen MR) is 337 cm³/mol. The fraction of sp³-hybridized carbons (Fsp3) is 0.955. The van der Waals surface area contributed by atoms with E-state index in [1.807, 2.05) is 6.08 Å². The molecule has 5 heterocycles. The molecule has 0 spiro atoms. The van der Waals surface area contributed by atoms with E-state index < -0.39 is 199 Å². The normalized spacial score (nSPS) is 37.2. The van der Waals surface area contributed by atoms with Gasteiger partial charge in [0.15, 0.2) is 31.5 Å². The van der Waals surface area contributed by atoms with Gasteiger partial charge in [-0.15, -0.1) is 0 Å². The molecule has 0 aromatic heterocycles. The van der Waals surface area contributed by atoms with Crippen molar-refractivity contribution in [3.8, 4) is 0 Å². The van der Waals surface area contributed by atoms with E-state index in [1.165, 1.54) is 122 Å². The Morgan fingerprint density at radius 3 is 1.27 bits per heavy atom. The summed E-state index contributed by atoms with van der Waals surface area (Å²) in [5.74, 6) is -0.315. The van der Waals surface area contributed by atoms with E-state index in [2.05, 4.69) is 19.2 Å². The number of carbonyl (C=O) groups excluding carboxylic acids is 1. The fourth-order valence-corrected chi connectivity index (χ4v) is 12.7. The van der Waals surface area contributed by atoms with Crippen molar-refractivity contribution in [3.05, 3.63) is 12.2 Å². The standard InChI is InChI=1S/C66H121NO27/c1-4-6-8-10-12-14-16-18-19-21-23-25-27-29-31-33-46(73)67-40(41(72)32-30-28-26-24-22-20-17-15-13-11-9-7-5-2)38-85-62-55(82)52(79)58(44(36-70)89-62)91-64-56(83)53(80)59(45(37-71)90-64)92-65-57(84)60(49(76)43(35-69)87-65)93-66-61(51(78)48(75)42(34-68)88-66)94-63-54(81)50(77)47(74)39(3)86-63/h30,32,39-45,47-66,68-72,74-84H,4-29,31,33-38H2,1-3H3,(H,67,73)/b32-30+/t39?,40-,41+,42?,43?,44?,45?,47+,48-,49-,50?,51-,52+,53+,54-,55?,56?,57?,58+,59-,60-,61?,62+,63+,64-,65-,66+/m0/s1. The number of aliphatic hydroxyl groups is 16. The van der Waals surface area contributed by atoms with Gasteiger partial charge in [0.1, 0.15) is 116 Å². The average molecular weight is 1360 g/mol. The Hall–Kier alpha value is -1.83. The Kier molecular flexibility index (Phi) is 39.8. The van der Waals surface area contributed by atoms with E-state index in [9.17, 15) is 86.5 Å². The van der Waals surface area contributed by atoms with Gasteiger partial charge in [0.05, 0.1) is 51.3 Å². The maximum atomic E-state index is 13.4. The van der Waals surface area contributed by atoms with E-state index in [0.29, 0.717) is 12.8 Å². The highest BCUT2D eigenvalue weighted by molar-refractivity contribution is 5.76. The van der Waals surface area contributed by atoms with Crippen LogP contribution in [0, 0.1) is 0 Å². The van der Waals surface area contributed by atoms with Crippen molar-refractivity contribution in [2.24, 2.45) is 0 Å². The van der Waals surface area contributed by atoms with Crippen molar-refractivity contribution in [3.63, 3.8) is 0 Å². The van der Waals surface area contributed by atoms with Gasteiger partial charge in [-0.3, -0.25) is 4.79 Å². The van der Waals surface area contributed by atoms with E-state index in [-0.39, 0.29) is 12.3 Å². The number of nitrogens with one attached hydrogen (secondary N) is 1. The molecule has 5 aliphatic rings. The molecular formula is C66H121NO27. The van der Waals surface area contributed by atoms with Crippen LogP contribution in [0.5, 0.6) is 0 Å². The molecular weight excluding hydrogens is 1240 g/mol. The first-order valence-electron chi connectivity index (χ1n) is 35.3. The molecule has 0 aromatic rings. The molecule has 28 nitrogen and oxygen atoms in total. The third-order valence-corrected chi connectivity index (χ3v) is 18.8. The number of carbonyl (C=O) groups is 1. The zero-order valence-corrected chi connectivity index (χ0v) is 55.7. The lowest BCUT2D eigenvalue weighted by Gasteiger charge is -2.50. The van der Waals surface area contributed by atoms with E-state index >= 15 is 0 Å². The summed E-state index contributed by atoms with van der Waals surface area (Å²) in [4.78, 5) is 13.4. The highest BCUT2D eigenvalue weighted by Crippen LogP contribution is 2.37. The molecule has 0 aromatic carbocycles.